The Labute approximate surface area is 112 Å². The molecule has 1 aromatic rings. The molecule has 1 aromatic carbocycles. The average molecular weight is 249 g/mol. The first-order valence-corrected chi connectivity index (χ1v) is 6.84. The van der Waals surface area contributed by atoms with E-state index in [-0.39, 0.29) is 11.6 Å². The number of hydrogen-bond acceptors (Lipinski definition) is 2. The smallest absolute Gasteiger partial charge is 0.0842 e. The highest BCUT2D eigenvalue weighted by molar-refractivity contribution is 5.34. The Morgan fingerprint density at radius 1 is 1.28 bits per heavy atom. The Balaban J connectivity index is 3.22. The summed E-state index contributed by atoms with van der Waals surface area (Å²) in [6.45, 7) is 11.8. The first-order valence-electron chi connectivity index (χ1n) is 6.84. The molecule has 2 unspecified atom stereocenters. The molecular weight excluding hydrogens is 222 g/mol. The van der Waals surface area contributed by atoms with Crippen molar-refractivity contribution in [1.82, 2.24) is 5.32 Å². The third-order valence-corrected chi connectivity index (χ3v) is 3.93. The van der Waals surface area contributed by atoms with Crippen molar-refractivity contribution in [2.75, 3.05) is 13.7 Å². The molecule has 2 nitrogen and oxygen atoms in total. The Morgan fingerprint density at radius 3 is 2.44 bits per heavy atom. The highest BCUT2D eigenvalue weighted by Crippen LogP contribution is 2.33. The molecule has 0 amide bonds. The lowest BCUT2D eigenvalue weighted by atomic mass is 9.85. The molecule has 0 aliphatic heterocycles. The van der Waals surface area contributed by atoms with E-state index in [4.69, 9.17) is 4.74 Å². The van der Waals surface area contributed by atoms with Crippen molar-refractivity contribution in [1.29, 1.82) is 0 Å². The van der Waals surface area contributed by atoms with Gasteiger partial charge in [0.2, 0.25) is 0 Å². The summed E-state index contributed by atoms with van der Waals surface area (Å²) in [6, 6.07) is 6.87. The van der Waals surface area contributed by atoms with E-state index in [9.17, 15) is 0 Å². The maximum absolute atomic E-state index is 5.79. The Morgan fingerprint density at radius 2 is 1.94 bits per heavy atom. The van der Waals surface area contributed by atoms with E-state index in [1.807, 2.05) is 0 Å². The standard InChI is InChI=1S/C16H27NO/c1-7-16(5,18-6)15(17-8-2)14-11-12(3)9-10-13(14)4/h9-11,15,17H,7-8H2,1-6H3. The first-order chi connectivity index (χ1) is 8.48. The zero-order valence-corrected chi connectivity index (χ0v) is 12.6. The molecule has 0 saturated carbocycles. The number of hydrogen-bond donors (Lipinski definition) is 1. The minimum absolute atomic E-state index is 0.172. The molecule has 102 valence electrons. The number of likely N-dealkylation sites (N-methyl/N-ethyl adjacent to an activating group) is 1. The van der Waals surface area contributed by atoms with Gasteiger partial charge < -0.3 is 10.1 Å². The zero-order chi connectivity index (χ0) is 13.8. The second-order valence-electron chi connectivity index (χ2n) is 5.22. The molecule has 0 saturated heterocycles. The molecule has 0 aromatic heterocycles. The van der Waals surface area contributed by atoms with E-state index in [1.165, 1.54) is 16.7 Å². The Hall–Kier alpha value is -0.860. The lowest BCUT2D eigenvalue weighted by Crippen LogP contribution is -2.43. The maximum Gasteiger partial charge on any atom is 0.0842 e. The predicted molar refractivity (Wildman–Crippen MR) is 78.0 cm³/mol. The summed E-state index contributed by atoms with van der Waals surface area (Å²) in [5, 5.41) is 3.58. The molecule has 0 aliphatic rings. The minimum Gasteiger partial charge on any atom is -0.377 e. The van der Waals surface area contributed by atoms with Gasteiger partial charge in [-0.1, -0.05) is 37.6 Å². The van der Waals surface area contributed by atoms with Crippen LogP contribution in [-0.2, 0) is 4.74 Å². The Bertz CT molecular complexity index is 383. The van der Waals surface area contributed by atoms with Gasteiger partial charge in [0.25, 0.3) is 0 Å². The van der Waals surface area contributed by atoms with Crippen LogP contribution in [0.2, 0.25) is 0 Å². The molecule has 18 heavy (non-hydrogen) atoms. The topological polar surface area (TPSA) is 21.3 Å². The van der Waals surface area contributed by atoms with Gasteiger partial charge in [-0.2, -0.15) is 0 Å². The number of aryl methyl sites for hydroxylation is 2. The first kappa shape index (κ1) is 15.2. The van der Waals surface area contributed by atoms with Crippen LogP contribution in [0.3, 0.4) is 0 Å². The molecular formula is C16H27NO. The largest absolute Gasteiger partial charge is 0.377 e. The van der Waals surface area contributed by atoms with Crippen LogP contribution in [0.5, 0.6) is 0 Å². The lowest BCUT2D eigenvalue weighted by Gasteiger charge is -2.37. The number of methoxy groups -OCH3 is 1. The zero-order valence-electron chi connectivity index (χ0n) is 12.6. The third kappa shape index (κ3) is 3.12. The molecule has 0 fully saturated rings. The van der Waals surface area contributed by atoms with E-state index < -0.39 is 0 Å². The summed E-state index contributed by atoms with van der Waals surface area (Å²) in [5.41, 5.74) is 3.80. The summed E-state index contributed by atoms with van der Waals surface area (Å²) in [6.07, 6.45) is 0.981. The second kappa shape index (κ2) is 6.35. The summed E-state index contributed by atoms with van der Waals surface area (Å²) < 4.78 is 5.79. The van der Waals surface area contributed by atoms with Gasteiger partial charge in [0.1, 0.15) is 0 Å². The fourth-order valence-electron chi connectivity index (χ4n) is 2.40. The van der Waals surface area contributed by atoms with Gasteiger partial charge in [-0.05, 0) is 44.9 Å². The number of nitrogens with one attached hydrogen (secondary N) is 1. The average Bonchev–Trinajstić information content (AvgIpc) is 2.38. The minimum atomic E-state index is -0.172. The van der Waals surface area contributed by atoms with E-state index in [2.05, 4.69) is 58.1 Å². The molecule has 2 heteroatoms. The fraction of sp³-hybridized carbons (Fsp3) is 0.625. The van der Waals surface area contributed by atoms with Gasteiger partial charge >= 0.3 is 0 Å². The van der Waals surface area contributed by atoms with Crippen molar-refractivity contribution in [3.8, 4) is 0 Å². The van der Waals surface area contributed by atoms with Crippen LogP contribution in [0.15, 0.2) is 18.2 Å². The molecule has 1 N–H and O–H groups in total. The van der Waals surface area contributed by atoms with Crippen LogP contribution in [0.25, 0.3) is 0 Å². The monoisotopic (exact) mass is 249 g/mol. The van der Waals surface area contributed by atoms with Crippen molar-refractivity contribution in [3.05, 3.63) is 34.9 Å². The van der Waals surface area contributed by atoms with Crippen molar-refractivity contribution in [2.24, 2.45) is 0 Å². The van der Waals surface area contributed by atoms with Gasteiger partial charge in [0, 0.05) is 7.11 Å². The van der Waals surface area contributed by atoms with Crippen molar-refractivity contribution < 1.29 is 4.74 Å². The van der Waals surface area contributed by atoms with Gasteiger partial charge in [-0.25, -0.2) is 0 Å². The highest BCUT2D eigenvalue weighted by Gasteiger charge is 2.34. The van der Waals surface area contributed by atoms with Crippen LogP contribution in [0.4, 0.5) is 0 Å². The van der Waals surface area contributed by atoms with Crippen molar-refractivity contribution >= 4 is 0 Å². The normalized spacial score (nSPS) is 16.3. The fourth-order valence-corrected chi connectivity index (χ4v) is 2.40. The molecule has 0 aliphatic carbocycles. The van der Waals surface area contributed by atoms with Gasteiger partial charge in [0.15, 0.2) is 0 Å². The Kier molecular flexibility index (Phi) is 5.36. The van der Waals surface area contributed by atoms with Crippen LogP contribution in [-0.4, -0.2) is 19.3 Å². The molecule has 2 atom stereocenters. The van der Waals surface area contributed by atoms with E-state index in [1.54, 1.807) is 7.11 Å². The van der Waals surface area contributed by atoms with Crippen LogP contribution < -0.4 is 5.32 Å². The lowest BCUT2D eigenvalue weighted by molar-refractivity contribution is -0.0297. The van der Waals surface area contributed by atoms with E-state index in [0.717, 1.165) is 13.0 Å². The van der Waals surface area contributed by atoms with Crippen LogP contribution in [0, 0.1) is 13.8 Å². The van der Waals surface area contributed by atoms with Gasteiger partial charge in [-0.3, -0.25) is 0 Å². The van der Waals surface area contributed by atoms with Crippen LogP contribution in [0.1, 0.15) is 49.9 Å². The van der Waals surface area contributed by atoms with E-state index in [0.29, 0.717) is 0 Å². The second-order valence-corrected chi connectivity index (χ2v) is 5.22. The third-order valence-electron chi connectivity index (χ3n) is 3.93. The van der Waals surface area contributed by atoms with Gasteiger partial charge in [0.05, 0.1) is 11.6 Å². The molecule has 1 rings (SSSR count). The van der Waals surface area contributed by atoms with Gasteiger partial charge in [-0.15, -0.1) is 0 Å². The summed E-state index contributed by atoms with van der Waals surface area (Å²) >= 11 is 0. The molecule has 0 radical (unpaired) electrons. The van der Waals surface area contributed by atoms with E-state index >= 15 is 0 Å². The number of benzene rings is 1. The summed E-state index contributed by atoms with van der Waals surface area (Å²) in [7, 11) is 1.80. The molecule has 0 bridgehead atoms. The SMILES string of the molecule is CCNC(c1cc(C)ccc1C)C(C)(CC)OC. The molecule has 0 spiro atoms. The van der Waals surface area contributed by atoms with Crippen LogP contribution >= 0.6 is 0 Å². The highest BCUT2D eigenvalue weighted by atomic mass is 16.5. The number of rotatable bonds is 6. The number of ether oxygens (including phenoxy) is 1. The quantitative estimate of drug-likeness (QED) is 0.828. The van der Waals surface area contributed by atoms with Crippen molar-refractivity contribution in [2.45, 2.75) is 52.7 Å². The predicted octanol–water partition coefficient (Wildman–Crippen LogP) is 3.77. The summed E-state index contributed by atoms with van der Waals surface area (Å²) in [4.78, 5) is 0. The maximum atomic E-state index is 5.79. The summed E-state index contributed by atoms with van der Waals surface area (Å²) in [5.74, 6) is 0. The molecule has 0 heterocycles. The van der Waals surface area contributed by atoms with Crippen molar-refractivity contribution in [3.63, 3.8) is 0 Å².